The number of rotatable bonds is 3. The van der Waals surface area contributed by atoms with Crippen LogP contribution in [0.3, 0.4) is 0 Å². The van der Waals surface area contributed by atoms with Gasteiger partial charge in [-0.15, -0.1) is 6.42 Å². The van der Waals surface area contributed by atoms with E-state index in [4.69, 9.17) is 6.42 Å². The standard InChI is InChI=1S/C7H9O2/c1-3-5-6-9-7(8)4-2/h2-3H,5-6H2,1H3. The smallest absolute Gasteiger partial charge is 0.384 e. The molecular weight excluding hydrogens is 116 g/mol. The summed E-state index contributed by atoms with van der Waals surface area (Å²) >= 11 is 0. The van der Waals surface area contributed by atoms with Gasteiger partial charge in [-0.05, 0) is 12.8 Å². The Morgan fingerprint density at radius 3 is 3.00 bits per heavy atom. The average molecular weight is 125 g/mol. The molecule has 0 amide bonds. The van der Waals surface area contributed by atoms with Crippen molar-refractivity contribution in [2.75, 3.05) is 6.61 Å². The molecule has 0 saturated carbocycles. The predicted molar refractivity (Wildman–Crippen MR) is 34.4 cm³/mol. The fraction of sp³-hybridized carbons (Fsp3) is 0.429. The van der Waals surface area contributed by atoms with E-state index in [9.17, 15) is 4.79 Å². The highest BCUT2D eigenvalue weighted by molar-refractivity contribution is 5.87. The van der Waals surface area contributed by atoms with Crippen LogP contribution in [0.25, 0.3) is 0 Å². The Hall–Kier alpha value is -0.970. The molecule has 0 aliphatic rings. The maximum absolute atomic E-state index is 10.2. The monoisotopic (exact) mass is 125 g/mol. The van der Waals surface area contributed by atoms with Crippen LogP contribution < -0.4 is 0 Å². The van der Waals surface area contributed by atoms with Gasteiger partial charge in [-0.3, -0.25) is 0 Å². The van der Waals surface area contributed by atoms with Crippen LogP contribution >= 0.6 is 0 Å². The largest absolute Gasteiger partial charge is 0.456 e. The van der Waals surface area contributed by atoms with Gasteiger partial charge in [0.15, 0.2) is 0 Å². The topological polar surface area (TPSA) is 26.3 Å². The van der Waals surface area contributed by atoms with E-state index < -0.39 is 5.97 Å². The molecule has 0 atom stereocenters. The van der Waals surface area contributed by atoms with Crippen molar-refractivity contribution in [1.29, 1.82) is 0 Å². The molecule has 0 aromatic carbocycles. The molecule has 0 heterocycles. The van der Waals surface area contributed by atoms with Crippen molar-refractivity contribution in [3.8, 4) is 12.3 Å². The van der Waals surface area contributed by atoms with E-state index in [1.165, 1.54) is 0 Å². The molecule has 0 aliphatic carbocycles. The lowest BCUT2D eigenvalue weighted by molar-refractivity contribution is -0.136. The van der Waals surface area contributed by atoms with Gasteiger partial charge in [0, 0.05) is 5.92 Å². The van der Waals surface area contributed by atoms with E-state index in [0.717, 1.165) is 6.42 Å². The molecule has 49 valence electrons. The highest BCUT2D eigenvalue weighted by Crippen LogP contribution is 1.85. The lowest BCUT2D eigenvalue weighted by Gasteiger charge is -1.95. The van der Waals surface area contributed by atoms with Gasteiger partial charge in [-0.2, -0.15) is 0 Å². The molecule has 0 aromatic heterocycles. The maximum atomic E-state index is 10.2. The molecule has 2 nitrogen and oxygen atoms in total. The molecule has 9 heavy (non-hydrogen) atoms. The molecule has 0 aromatic rings. The molecule has 0 fully saturated rings. The van der Waals surface area contributed by atoms with Crippen LogP contribution in [0.5, 0.6) is 0 Å². The molecule has 0 spiro atoms. The minimum Gasteiger partial charge on any atom is -0.456 e. The summed E-state index contributed by atoms with van der Waals surface area (Å²) in [5.74, 6) is 1.26. The summed E-state index contributed by atoms with van der Waals surface area (Å²) < 4.78 is 4.53. The first kappa shape index (κ1) is 8.03. The Balaban J connectivity index is 3.10. The first-order valence-electron chi connectivity index (χ1n) is 2.72. The van der Waals surface area contributed by atoms with Crippen molar-refractivity contribution in [3.63, 3.8) is 0 Å². The summed E-state index contributed by atoms with van der Waals surface area (Å²) in [7, 11) is 0. The predicted octanol–water partition coefficient (Wildman–Crippen LogP) is 0.777. The van der Waals surface area contributed by atoms with Gasteiger partial charge in [-0.1, -0.05) is 6.92 Å². The van der Waals surface area contributed by atoms with Crippen LogP contribution in [0.4, 0.5) is 0 Å². The summed E-state index contributed by atoms with van der Waals surface area (Å²) in [5, 5.41) is 0. The van der Waals surface area contributed by atoms with Gasteiger partial charge in [0.25, 0.3) is 0 Å². The number of unbranched alkanes of at least 4 members (excludes halogenated alkanes) is 1. The number of esters is 1. The molecule has 0 aliphatic heterocycles. The van der Waals surface area contributed by atoms with Crippen molar-refractivity contribution >= 4 is 5.97 Å². The van der Waals surface area contributed by atoms with E-state index in [-0.39, 0.29) is 0 Å². The van der Waals surface area contributed by atoms with Crippen LogP contribution in [0.2, 0.25) is 0 Å². The van der Waals surface area contributed by atoms with Crippen LogP contribution in [-0.4, -0.2) is 12.6 Å². The Labute approximate surface area is 55.2 Å². The minimum atomic E-state index is -0.586. The summed E-state index contributed by atoms with van der Waals surface area (Å²) in [6, 6.07) is 0. The third-order valence-corrected chi connectivity index (χ3v) is 0.758. The number of ether oxygens (including phenoxy) is 1. The van der Waals surface area contributed by atoms with Crippen LogP contribution in [0.15, 0.2) is 0 Å². The third-order valence-electron chi connectivity index (χ3n) is 0.758. The minimum absolute atomic E-state index is 0.388. The van der Waals surface area contributed by atoms with Crippen molar-refractivity contribution in [2.45, 2.75) is 13.3 Å². The lowest BCUT2D eigenvalue weighted by atomic mass is 10.4. The van der Waals surface area contributed by atoms with E-state index in [2.05, 4.69) is 4.74 Å². The van der Waals surface area contributed by atoms with Crippen LogP contribution in [0.1, 0.15) is 13.3 Å². The number of carbonyl (C=O) groups excluding carboxylic acids is 1. The molecule has 0 N–H and O–H groups in total. The Morgan fingerprint density at radius 2 is 2.56 bits per heavy atom. The van der Waals surface area contributed by atoms with Gasteiger partial charge >= 0.3 is 5.97 Å². The quantitative estimate of drug-likeness (QED) is 0.241. The van der Waals surface area contributed by atoms with Crippen molar-refractivity contribution in [1.82, 2.24) is 0 Å². The van der Waals surface area contributed by atoms with Crippen molar-refractivity contribution in [3.05, 3.63) is 6.42 Å². The molecule has 0 unspecified atom stereocenters. The molecule has 2 heteroatoms. The maximum Gasteiger partial charge on any atom is 0.384 e. The first-order chi connectivity index (χ1) is 4.31. The highest BCUT2D eigenvalue weighted by Gasteiger charge is 1.92. The zero-order chi connectivity index (χ0) is 7.11. The molecule has 1 radical (unpaired) electrons. The number of hydrogen-bond donors (Lipinski definition) is 0. The van der Waals surface area contributed by atoms with E-state index in [1.54, 1.807) is 0 Å². The Kier molecular flexibility index (Phi) is 4.61. The van der Waals surface area contributed by atoms with Gasteiger partial charge in [-0.25, -0.2) is 4.79 Å². The first-order valence-corrected chi connectivity index (χ1v) is 2.72. The lowest BCUT2D eigenvalue weighted by Crippen LogP contribution is -2.01. The fourth-order valence-corrected chi connectivity index (χ4v) is 0.311. The zero-order valence-corrected chi connectivity index (χ0v) is 5.39. The highest BCUT2D eigenvalue weighted by atomic mass is 16.5. The van der Waals surface area contributed by atoms with Gasteiger partial charge in [0.2, 0.25) is 0 Å². The van der Waals surface area contributed by atoms with Crippen LogP contribution in [0, 0.1) is 18.8 Å². The van der Waals surface area contributed by atoms with Crippen LogP contribution in [-0.2, 0) is 9.53 Å². The summed E-state index contributed by atoms with van der Waals surface area (Å²) in [6.07, 6.45) is 7.38. The number of carbonyl (C=O) groups is 1. The molecule has 0 bridgehead atoms. The second-order valence-electron chi connectivity index (χ2n) is 1.48. The Morgan fingerprint density at radius 1 is 1.89 bits per heavy atom. The van der Waals surface area contributed by atoms with Gasteiger partial charge in [0.05, 0.1) is 6.61 Å². The molecular formula is C7H9O2. The SMILES string of the molecule is C#CC(=O)OCC[CH]C. The third kappa shape index (κ3) is 4.89. The number of hydrogen-bond acceptors (Lipinski definition) is 2. The van der Waals surface area contributed by atoms with Gasteiger partial charge in [0.1, 0.15) is 0 Å². The van der Waals surface area contributed by atoms with Crippen molar-refractivity contribution < 1.29 is 9.53 Å². The van der Waals surface area contributed by atoms with E-state index in [0.29, 0.717) is 6.61 Å². The molecule has 0 rings (SSSR count). The summed E-state index contributed by atoms with van der Waals surface area (Å²) in [4.78, 5) is 10.2. The molecule has 0 saturated heterocycles. The number of terminal acetylenes is 1. The summed E-state index contributed by atoms with van der Waals surface area (Å²) in [5.41, 5.74) is 0. The average Bonchev–Trinajstić information content (AvgIpc) is 1.89. The zero-order valence-electron chi connectivity index (χ0n) is 5.39. The Bertz CT molecular complexity index is 121. The van der Waals surface area contributed by atoms with Crippen molar-refractivity contribution in [2.24, 2.45) is 0 Å². The second-order valence-corrected chi connectivity index (χ2v) is 1.48. The second kappa shape index (κ2) is 5.17. The fourth-order valence-electron chi connectivity index (χ4n) is 0.311. The summed E-state index contributed by atoms with van der Waals surface area (Å²) in [6.45, 7) is 2.28. The van der Waals surface area contributed by atoms with Gasteiger partial charge < -0.3 is 4.74 Å². The van der Waals surface area contributed by atoms with E-state index >= 15 is 0 Å². The van der Waals surface area contributed by atoms with E-state index in [1.807, 2.05) is 19.3 Å². The normalized spacial score (nSPS) is 8.00.